The van der Waals surface area contributed by atoms with Crippen LogP contribution in [0.3, 0.4) is 0 Å². The molecule has 0 spiro atoms. The van der Waals surface area contributed by atoms with Crippen LogP contribution in [0.25, 0.3) is 11.1 Å². The Hall–Kier alpha value is -1.50. The fourth-order valence-electron chi connectivity index (χ4n) is 1.71. The molecule has 0 atom stereocenters. The van der Waals surface area contributed by atoms with Crippen molar-refractivity contribution in [2.24, 2.45) is 0 Å². The highest BCUT2D eigenvalue weighted by Crippen LogP contribution is 2.21. The number of rotatable bonds is 1. The van der Waals surface area contributed by atoms with Crippen LogP contribution >= 0.6 is 0 Å². The molecule has 14 heavy (non-hydrogen) atoms. The first kappa shape index (κ1) is 9.08. The molecule has 0 radical (unpaired) electrons. The molecule has 0 fully saturated rings. The van der Waals surface area contributed by atoms with Crippen LogP contribution in [0.5, 0.6) is 0 Å². The van der Waals surface area contributed by atoms with Crippen LogP contribution < -0.4 is 5.46 Å². The van der Waals surface area contributed by atoms with Gasteiger partial charge in [0.05, 0.1) is 0 Å². The summed E-state index contributed by atoms with van der Waals surface area (Å²) in [7, 11) is 2.13. The summed E-state index contributed by atoms with van der Waals surface area (Å²) in [4.78, 5) is 0. The summed E-state index contributed by atoms with van der Waals surface area (Å²) < 4.78 is 0. The Morgan fingerprint density at radius 3 is 2.43 bits per heavy atom. The van der Waals surface area contributed by atoms with Crippen molar-refractivity contribution in [1.29, 1.82) is 0 Å². The van der Waals surface area contributed by atoms with E-state index in [-0.39, 0.29) is 0 Å². The first-order valence-corrected chi connectivity index (χ1v) is 4.90. The van der Waals surface area contributed by atoms with Gasteiger partial charge in [0.25, 0.3) is 0 Å². The van der Waals surface area contributed by atoms with Gasteiger partial charge in [0, 0.05) is 0 Å². The maximum Gasteiger partial charge on any atom is 0.139 e. The largest absolute Gasteiger partial charge is 0.139 e. The maximum atomic E-state index is 2.22. The minimum atomic E-state index is 1.31. The van der Waals surface area contributed by atoms with Gasteiger partial charge >= 0.3 is 0 Å². The lowest BCUT2D eigenvalue weighted by atomic mass is 9.91. The second-order valence-electron chi connectivity index (χ2n) is 3.68. The summed E-state index contributed by atoms with van der Waals surface area (Å²) >= 11 is 0. The fourth-order valence-corrected chi connectivity index (χ4v) is 1.71. The Morgan fingerprint density at radius 1 is 0.929 bits per heavy atom. The van der Waals surface area contributed by atoms with Crippen LogP contribution in [-0.2, 0) is 0 Å². The van der Waals surface area contributed by atoms with Crippen molar-refractivity contribution in [1.82, 2.24) is 0 Å². The topological polar surface area (TPSA) is 0 Å². The van der Waals surface area contributed by atoms with Gasteiger partial charge in [-0.2, -0.15) is 0 Å². The minimum absolute atomic E-state index is 1.31. The molecule has 1 heteroatoms. The van der Waals surface area contributed by atoms with E-state index in [0.29, 0.717) is 0 Å². The summed E-state index contributed by atoms with van der Waals surface area (Å²) in [5.74, 6) is 0. The molecule has 0 N–H and O–H groups in total. The predicted octanol–water partition coefficient (Wildman–Crippen LogP) is 1.92. The van der Waals surface area contributed by atoms with E-state index in [1.165, 1.54) is 22.2 Å². The Morgan fingerprint density at radius 2 is 1.71 bits per heavy atom. The number of benzene rings is 2. The van der Waals surface area contributed by atoms with E-state index in [1.807, 2.05) is 0 Å². The summed E-state index contributed by atoms with van der Waals surface area (Å²) in [6.07, 6.45) is 0. The number of hydrogen-bond donors (Lipinski definition) is 0. The zero-order valence-corrected chi connectivity index (χ0v) is 8.62. The number of hydrogen-bond acceptors (Lipinski definition) is 0. The van der Waals surface area contributed by atoms with Gasteiger partial charge in [0.15, 0.2) is 0 Å². The Bertz CT molecular complexity index is 446. The van der Waals surface area contributed by atoms with Crippen LogP contribution in [0.1, 0.15) is 5.56 Å². The molecular weight excluding hydrogens is 167 g/mol. The van der Waals surface area contributed by atoms with Crippen molar-refractivity contribution in [3.05, 3.63) is 54.1 Å². The summed E-state index contributed by atoms with van der Waals surface area (Å²) in [6.45, 7) is 2.15. The molecule has 0 saturated heterocycles. The van der Waals surface area contributed by atoms with Gasteiger partial charge in [-0.3, -0.25) is 0 Å². The Kier molecular flexibility index (Phi) is 2.40. The SMILES string of the molecule is Bc1cccc(-c2ccccc2C)c1. The van der Waals surface area contributed by atoms with Crippen LogP contribution in [0.2, 0.25) is 0 Å². The molecule has 68 valence electrons. The van der Waals surface area contributed by atoms with Crippen LogP contribution in [0.15, 0.2) is 48.5 Å². The van der Waals surface area contributed by atoms with E-state index in [1.54, 1.807) is 0 Å². The maximum absolute atomic E-state index is 2.22. The van der Waals surface area contributed by atoms with Gasteiger partial charge in [0.2, 0.25) is 0 Å². The first-order chi connectivity index (χ1) is 6.77. The molecule has 0 nitrogen and oxygen atoms in total. The zero-order chi connectivity index (χ0) is 9.97. The van der Waals surface area contributed by atoms with Crippen molar-refractivity contribution in [3.63, 3.8) is 0 Å². The standard InChI is InChI=1S/C13H13B/c1-10-5-2-3-8-13(10)11-6-4-7-12(14)9-11/h2-9H,14H2,1H3. The van der Waals surface area contributed by atoms with E-state index in [9.17, 15) is 0 Å². The molecule has 0 bridgehead atoms. The smallest absolute Gasteiger partial charge is 0.0884 e. The normalized spacial score (nSPS) is 10.1. The molecule has 2 aromatic carbocycles. The van der Waals surface area contributed by atoms with E-state index in [4.69, 9.17) is 0 Å². The summed E-state index contributed by atoms with van der Waals surface area (Å²) in [5.41, 5.74) is 5.28. The van der Waals surface area contributed by atoms with Crippen LogP contribution in [-0.4, -0.2) is 7.85 Å². The van der Waals surface area contributed by atoms with Gasteiger partial charge in [-0.05, 0) is 23.6 Å². The second-order valence-corrected chi connectivity index (χ2v) is 3.68. The molecule has 0 heterocycles. The third-order valence-electron chi connectivity index (χ3n) is 2.47. The van der Waals surface area contributed by atoms with E-state index < -0.39 is 0 Å². The van der Waals surface area contributed by atoms with Gasteiger partial charge in [-0.25, -0.2) is 0 Å². The third-order valence-corrected chi connectivity index (χ3v) is 2.47. The van der Waals surface area contributed by atoms with Gasteiger partial charge in [0.1, 0.15) is 7.85 Å². The van der Waals surface area contributed by atoms with Crippen LogP contribution in [0, 0.1) is 6.92 Å². The lowest BCUT2D eigenvalue weighted by Crippen LogP contribution is -2.00. The van der Waals surface area contributed by atoms with Crippen molar-refractivity contribution in [2.45, 2.75) is 6.92 Å². The van der Waals surface area contributed by atoms with Crippen molar-refractivity contribution in [2.75, 3.05) is 0 Å². The highest BCUT2D eigenvalue weighted by atomic mass is 14.0. The lowest BCUT2D eigenvalue weighted by Gasteiger charge is -2.06. The fraction of sp³-hybridized carbons (Fsp3) is 0.0769. The molecule has 0 aliphatic carbocycles. The van der Waals surface area contributed by atoms with Crippen molar-refractivity contribution < 1.29 is 0 Å². The summed E-state index contributed by atoms with van der Waals surface area (Å²) in [6, 6.07) is 17.1. The number of aryl methyl sites for hydroxylation is 1. The van der Waals surface area contributed by atoms with Gasteiger partial charge < -0.3 is 0 Å². The monoisotopic (exact) mass is 180 g/mol. The molecule has 2 rings (SSSR count). The molecule has 0 amide bonds. The van der Waals surface area contributed by atoms with Gasteiger partial charge in [-0.15, -0.1) is 0 Å². The average Bonchev–Trinajstić information content (AvgIpc) is 2.18. The molecule has 0 unspecified atom stereocenters. The highest BCUT2D eigenvalue weighted by molar-refractivity contribution is 6.32. The Balaban J connectivity index is 2.55. The third kappa shape index (κ3) is 1.72. The average molecular weight is 180 g/mol. The zero-order valence-electron chi connectivity index (χ0n) is 8.62. The predicted molar refractivity (Wildman–Crippen MR) is 64.8 cm³/mol. The van der Waals surface area contributed by atoms with E-state index in [2.05, 4.69) is 63.3 Å². The highest BCUT2D eigenvalue weighted by Gasteiger charge is 1.99. The van der Waals surface area contributed by atoms with Crippen molar-refractivity contribution in [3.8, 4) is 11.1 Å². The molecule has 2 aromatic rings. The second kappa shape index (κ2) is 3.71. The van der Waals surface area contributed by atoms with Crippen molar-refractivity contribution >= 4 is 13.3 Å². The molecule has 0 aliphatic heterocycles. The minimum Gasteiger partial charge on any atom is -0.0884 e. The quantitative estimate of drug-likeness (QED) is 0.588. The van der Waals surface area contributed by atoms with E-state index >= 15 is 0 Å². The molecule has 0 saturated carbocycles. The first-order valence-electron chi connectivity index (χ1n) is 4.90. The molecular formula is C13H13B. The van der Waals surface area contributed by atoms with E-state index in [0.717, 1.165) is 0 Å². The van der Waals surface area contributed by atoms with Gasteiger partial charge in [-0.1, -0.05) is 54.0 Å². The molecule has 0 aromatic heterocycles. The summed E-state index contributed by atoms with van der Waals surface area (Å²) in [5, 5.41) is 0. The Labute approximate surface area is 86.0 Å². The lowest BCUT2D eigenvalue weighted by molar-refractivity contribution is 1.46. The van der Waals surface area contributed by atoms with Crippen LogP contribution in [0.4, 0.5) is 0 Å². The molecule has 0 aliphatic rings.